The molecule has 1 amide bonds. The SMILES string of the molecule is O=C(Nc1ccc(COC2CC2)cc1)c1ccccc1. The Bertz CT molecular complexity index is 574. The number of ether oxygens (including phenoxy) is 1. The molecule has 0 atom stereocenters. The van der Waals surface area contributed by atoms with Crippen molar-refractivity contribution in [1.29, 1.82) is 0 Å². The molecule has 1 aliphatic rings. The molecule has 1 aliphatic carbocycles. The molecule has 0 radical (unpaired) electrons. The average molecular weight is 267 g/mol. The molecule has 0 heterocycles. The van der Waals surface area contributed by atoms with Gasteiger partial charge in [0.15, 0.2) is 0 Å². The van der Waals surface area contributed by atoms with Gasteiger partial charge in [-0.1, -0.05) is 30.3 Å². The lowest BCUT2D eigenvalue weighted by Gasteiger charge is -2.07. The molecule has 2 aromatic rings. The lowest BCUT2D eigenvalue weighted by Crippen LogP contribution is -2.11. The lowest BCUT2D eigenvalue weighted by atomic mass is 10.2. The highest BCUT2D eigenvalue weighted by atomic mass is 16.5. The minimum atomic E-state index is -0.0902. The van der Waals surface area contributed by atoms with Crippen molar-refractivity contribution in [3.63, 3.8) is 0 Å². The van der Waals surface area contributed by atoms with Crippen molar-refractivity contribution >= 4 is 11.6 Å². The first-order valence-electron chi connectivity index (χ1n) is 6.88. The van der Waals surface area contributed by atoms with Crippen molar-refractivity contribution in [2.75, 3.05) is 5.32 Å². The average Bonchev–Trinajstić information content (AvgIpc) is 3.32. The molecule has 3 heteroatoms. The van der Waals surface area contributed by atoms with Crippen LogP contribution in [0.15, 0.2) is 54.6 Å². The minimum absolute atomic E-state index is 0.0902. The summed E-state index contributed by atoms with van der Waals surface area (Å²) in [6.07, 6.45) is 2.84. The van der Waals surface area contributed by atoms with Crippen LogP contribution in [0.3, 0.4) is 0 Å². The Hall–Kier alpha value is -2.13. The predicted molar refractivity (Wildman–Crippen MR) is 78.6 cm³/mol. The van der Waals surface area contributed by atoms with Crippen LogP contribution >= 0.6 is 0 Å². The Labute approximate surface area is 118 Å². The molecular formula is C17H17NO2. The van der Waals surface area contributed by atoms with E-state index in [-0.39, 0.29) is 5.91 Å². The van der Waals surface area contributed by atoms with Crippen LogP contribution in [0.25, 0.3) is 0 Å². The Morgan fingerprint density at radius 2 is 1.75 bits per heavy atom. The molecule has 3 rings (SSSR count). The summed E-state index contributed by atoms with van der Waals surface area (Å²) in [4.78, 5) is 12.0. The number of amides is 1. The van der Waals surface area contributed by atoms with Crippen LogP contribution in [0.5, 0.6) is 0 Å². The number of hydrogen-bond donors (Lipinski definition) is 1. The lowest BCUT2D eigenvalue weighted by molar-refractivity contribution is 0.102. The minimum Gasteiger partial charge on any atom is -0.374 e. The van der Waals surface area contributed by atoms with Gasteiger partial charge in [0.05, 0.1) is 12.7 Å². The zero-order chi connectivity index (χ0) is 13.8. The molecule has 0 saturated heterocycles. The number of rotatable bonds is 5. The first kappa shape index (κ1) is 12.9. The van der Waals surface area contributed by atoms with Crippen molar-refractivity contribution in [2.45, 2.75) is 25.6 Å². The summed E-state index contributed by atoms with van der Waals surface area (Å²) in [5.41, 5.74) is 2.59. The van der Waals surface area contributed by atoms with Gasteiger partial charge in [-0.25, -0.2) is 0 Å². The van der Waals surface area contributed by atoms with Crippen LogP contribution < -0.4 is 5.32 Å². The normalized spacial score (nSPS) is 14.0. The summed E-state index contributed by atoms with van der Waals surface area (Å²) >= 11 is 0. The quantitative estimate of drug-likeness (QED) is 0.898. The monoisotopic (exact) mass is 267 g/mol. The van der Waals surface area contributed by atoms with Gasteiger partial charge in [0.25, 0.3) is 5.91 Å². The Kier molecular flexibility index (Phi) is 3.79. The van der Waals surface area contributed by atoms with Crippen LogP contribution in [0.1, 0.15) is 28.8 Å². The molecule has 0 spiro atoms. The molecular weight excluding hydrogens is 250 g/mol. The zero-order valence-electron chi connectivity index (χ0n) is 11.2. The third kappa shape index (κ3) is 3.45. The molecule has 102 valence electrons. The first-order chi connectivity index (χ1) is 9.81. The molecule has 0 aromatic heterocycles. The fourth-order valence-corrected chi connectivity index (χ4v) is 1.93. The van der Waals surface area contributed by atoms with Crippen molar-refractivity contribution < 1.29 is 9.53 Å². The van der Waals surface area contributed by atoms with Gasteiger partial charge in [-0.05, 0) is 42.7 Å². The maximum Gasteiger partial charge on any atom is 0.255 e. The molecule has 1 N–H and O–H groups in total. The van der Waals surface area contributed by atoms with Gasteiger partial charge in [0.1, 0.15) is 0 Å². The van der Waals surface area contributed by atoms with Crippen LogP contribution in [-0.4, -0.2) is 12.0 Å². The number of anilines is 1. The Morgan fingerprint density at radius 1 is 1.05 bits per heavy atom. The maximum atomic E-state index is 12.0. The zero-order valence-corrected chi connectivity index (χ0v) is 11.2. The molecule has 1 saturated carbocycles. The smallest absolute Gasteiger partial charge is 0.255 e. The first-order valence-corrected chi connectivity index (χ1v) is 6.88. The number of carbonyl (C=O) groups is 1. The second kappa shape index (κ2) is 5.88. The van der Waals surface area contributed by atoms with Gasteiger partial charge < -0.3 is 10.1 Å². The number of nitrogens with one attached hydrogen (secondary N) is 1. The van der Waals surface area contributed by atoms with E-state index >= 15 is 0 Å². The number of benzene rings is 2. The second-order valence-electron chi connectivity index (χ2n) is 5.03. The fraction of sp³-hybridized carbons (Fsp3) is 0.235. The Morgan fingerprint density at radius 3 is 2.40 bits per heavy atom. The highest BCUT2D eigenvalue weighted by molar-refractivity contribution is 6.04. The molecule has 0 aliphatic heterocycles. The van der Waals surface area contributed by atoms with Gasteiger partial charge >= 0.3 is 0 Å². The highest BCUT2D eigenvalue weighted by Crippen LogP contribution is 2.25. The summed E-state index contributed by atoms with van der Waals surface area (Å²) < 4.78 is 5.64. The summed E-state index contributed by atoms with van der Waals surface area (Å²) in [5, 5.41) is 2.88. The van der Waals surface area contributed by atoms with Crippen LogP contribution in [0.4, 0.5) is 5.69 Å². The predicted octanol–water partition coefficient (Wildman–Crippen LogP) is 3.62. The van der Waals surface area contributed by atoms with E-state index in [1.807, 2.05) is 42.5 Å². The van der Waals surface area contributed by atoms with E-state index in [1.54, 1.807) is 12.1 Å². The molecule has 20 heavy (non-hydrogen) atoms. The van der Waals surface area contributed by atoms with Crippen molar-refractivity contribution in [3.8, 4) is 0 Å². The topological polar surface area (TPSA) is 38.3 Å². The third-order valence-corrected chi connectivity index (χ3v) is 3.26. The third-order valence-electron chi connectivity index (χ3n) is 3.26. The van der Waals surface area contributed by atoms with E-state index in [9.17, 15) is 4.79 Å². The van der Waals surface area contributed by atoms with Crippen molar-refractivity contribution in [2.24, 2.45) is 0 Å². The van der Waals surface area contributed by atoms with Gasteiger partial charge in [-0.3, -0.25) is 4.79 Å². The van der Waals surface area contributed by atoms with E-state index in [0.717, 1.165) is 11.3 Å². The Balaban J connectivity index is 1.58. The van der Waals surface area contributed by atoms with E-state index < -0.39 is 0 Å². The van der Waals surface area contributed by atoms with Crippen molar-refractivity contribution in [3.05, 3.63) is 65.7 Å². The number of carbonyl (C=O) groups excluding carboxylic acids is 1. The number of hydrogen-bond acceptors (Lipinski definition) is 2. The molecule has 0 bridgehead atoms. The highest BCUT2D eigenvalue weighted by Gasteiger charge is 2.21. The molecule has 2 aromatic carbocycles. The molecule has 1 fully saturated rings. The second-order valence-corrected chi connectivity index (χ2v) is 5.03. The van der Waals surface area contributed by atoms with Gasteiger partial charge in [0, 0.05) is 11.3 Å². The van der Waals surface area contributed by atoms with E-state index in [0.29, 0.717) is 18.3 Å². The molecule has 0 unspecified atom stereocenters. The van der Waals surface area contributed by atoms with Crippen LogP contribution in [0.2, 0.25) is 0 Å². The summed E-state index contributed by atoms with van der Waals surface area (Å²) in [6, 6.07) is 17.0. The van der Waals surface area contributed by atoms with Crippen LogP contribution in [-0.2, 0) is 11.3 Å². The standard InChI is InChI=1S/C17H17NO2/c19-17(14-4-2-1-3-5-14)18-15-8-6-13(7-9-15)12-20-16-10-11-16/h1-9,16H,10-12H2,(H,18,19). The van der Waals surface area contributed by atoms with Gasteiger partial charge in [0.2, 0.25) is 0 Å². The largest absolute Gasteiger partial charge is 0.374 e. The van der Waals surface area contributed by atoms with Crippen LogP contribution in [0, 0.1) is 0 Å². The summed E-state index contributed by atoms with van der Waals surface area (Å²) in [5.74, 6) is -0.0902. The maximum absolute atomic E-state index is 12.0. The summed E-state index contributed by atoms with van der Waals surface area (Å²) in [7, 11) is 0. The fourth-order valence-electron chi connectivity index (χ4n) is 1.93. The van der Waals surface area contributed by atoms with Gasteiger partial charge in [-0.2, -0.15) is 0 Å². The van der Waals surface area contributed by atoms with Crippen molar-refractivity contribution in [1.82, 2.24) is 0 Å². The summed E-state index contributed by atoms with van der Waals surface area (Å²) in [6.45, 7) is 0.650. The van der Waals surface area contributed by atoms with E-state index in [4.69, 9.17) is 4.74 Å². The van der Waals surface area contributed by atoms with E-state index in [1.165, 1.54) is 12.8 Å². The van der Waals surface area contributed by atoms with Gasteiger partial charge in [-0.15, -0.1) is 0 Å². The van der Waals surface area contributed by atoms with E-state index in [2.05, 4.69) is 5.32 Å². The molecule has 3 nitrogen and oxygen atoms in total.